The molecule has 0 aliphatic heterocycles. The Morgan fingerprint density at radius 2 is 2.12 bits per heavy atom. The van der Waals surface area contributed by atoms with Crippen LogP contribution in [0.15, 0.2) is 24.3 Å². The maximum Gasteiger partial charge on any atom is 0.301 e. The first-order valence-corrected chi connectivity index (χ1v) is 6.99. The first-order valence-electron chi connectivity index (χ1n) is 5.55. The van der Waals surface area contributed by atoms with E-state index in [0.717, 1.165) is 12.8 Å². The molecule has 3 N–H and O–H groups in total. The summed E-state index contributed by atoms with van der Waals surface area (Å²) in [5.74, 6) is 0. The van der Waals surface area contributed by atoms with E-state index in [1.165, 1.54) is 4.31 Å². The number of rotatable bonds is 6. The summed E-state index contributed by atoms with van der Waals surface area (Å²) in [4.78, 5) is 0. The van der Waals surface area contributed by atoms with Crippen molar-refractivity contribution in [2.45, 2.75) is 19.8 Å². The minimum absolute atomic E-state index is 0.480. The molecule has 0 atom stereocenters. The summed E-state index contributed by atoms with van der Waals surface area (Å²) in [6, 6.07) is 6.67. The third kappa shape index (κ3) is 4.24. The summed E-state index contributed by atoms with van der Waals surface area (Å²) in [5, 5.41) is 0. The van der Waals surface area contributed by atoms with Crippen LogP contribution in [0.4, 0.5) is 11.4 Å². The van der Waals surface area contributed by atoms with E-state index in [2.05, 4.69) is 4.72 Å². The van der Waals surface area contributed by atoms with Gasteiger partial charge in [-0.15, -0.1) is 0 Å². The van der Waals surface area contributed by atoms with Crippen LogP contribution in [0.1, 0.15) is 19.8 Å². The first-order chi connectivity index (χ1) is 7.95. The molecule has 0 saturated heterocycles. The van der Waals surface area contributed by atoms with Gasteiger partial charge in [0.1, 0.15) is 0 Å². The van der Waals surface area contributed by atoms with Crippen LogP contribution in [0, 0.1) is 0 Å². The third-order valence-corrected chi connectivity index (χ3v) is 3.87. The Labute approximate surface area is 103 Å². The Morgan fingerprint density at radius 1 is 1.41 bits per heavy atom. The topological polar surface area (TPSA) is 75.4 Å². The molecule has 1 rings (SSSR count). The highest BCUT2D eigenvalue weighted by Crippen LogP contribution is 2.14. The molecular formula is C11H19N3O2S. The summed E-state index contributed by atoms with van der Waals surface area (Å²) in [6.45, 7) is 2.53. The standard InChI is InChI=1S/C11H19N3O2S/c1-3-4-8-14(2)17(15,16)13-11-7-5-6-10(12)9-11/h5-7,9,13H,3-4,8,12H2,1-2H3. The number of unbranched alkanes of at least 4 members (excludes halogenated alkanes) is 1. The molecule has 1 aromatic carbocycles. The second-order valence-electron chi connectivity index (χ2n) is 3.91. The summed E-state index contributed by atoms with van der Waals surface area (Å²) in [6.07, 6.45) is 1.80. The fourth-order valence-electron chi connectivity index (χ4n) is 1.33. The molecule has 0 bridgehead atoms. The summed E-state index contributed by atoms with van der Waals surface area (Å²) < 4.78 is 27.6. The number of nitrogens with one attached hydrogen (secondary N) is 1. The van der Waals surface area contributed by atoms with Crippen molar-refractivity contribution in [1.82, 2.24) is 4.31 Å². The molecule has 1 aromatic rings. The molecule has 5 nitrogen and oxygen atoms in total. The van der Waals surface area contributed by atoms with Crippen molar-refractivity contribution in [3.8, 4) is 0 Å². The van der Waals surface area contributed by atoms with Gasteiger partial charge in [0.25, 0.3) is 0 Å². The van der Waals surface area contributed by atoms with E-state index in [1.807, 2.05) is 6.92 Å². The minimum Gasteiger partial charge on any atom is -0.399 e. The van der Waals surface area contributed by atoms with Gasteiger partial charge in [0.05, 0.1) is 5.69 Å². The molecule has 0 heterocycles. The molecule has 0 saturated carbocycles. The maximum atomic E-state index is 11.9. The number of hydrogen-bond acceptors (Lipinski definition) is 3. The fourth-order valence-corrected chi connectivity index (χ4v) is 2.28. The Bertz CT molecular complexity index is 460. The Kier molecular flexibility index (Phi) is 4.77. The molecular weight excluding hydrogens is 238 g/mol. The zero-order valence-corrected chi connectivity index (χ0v) is 11.0. The normalized spacial score (nSPS) is 11.7. The molecule has 0 amide bonds. The predicted molar refractivity (Wildman–Crippen MR) is 70.9 cm³/mol. The molecule has 0 spiro atoms. The summed E-state index contributed by atoms with van der Waals surface area (Å²) in [7, 11) is -1.91. The quantitative estimate of drug-likeness (QED) is 0.761. The smallest absolute Gasteiger partial charge is 0.301 e. The van der Waals surface area contributed by atoms with E-state index >= 15 is 0 Å². The van der Waals surface area contributed by atoms with Gasteiger partial charge in [0.15, 0.2) is 0 Å². The number of benzene rings is 1. The van der Waals surface area contributed by atoms with Crippen LogP contribution in [0.5, 0.6) is 0 Å². The van der Waals surface area contributed by atoms with Crippen molar-refractivity contribution in [2.75, 3.05) is 24.0 Å². The van der Waals surface area contributed by atoms with Crippen LogP contribution < -0.4 is 10.5 Å². The maximum absolute atomic E-state index is 11.9. The lowest BCUT2D eigenvalue weighted by molar-refractivity contribution is 0.463. The van der Waals surface area contributed by atoms with E-state index in [0.29, 0.717) is 17.9 Å². The van der Waals surface area contributed by atoms with Crippen molar-refractivity contribution >= 4 is 21.6 Å². The second kappa shape index (κ2) is 5.88. The highest BCUT2D eigenvalue weighted by molar-refractivity contribution is 7.90. The van der Waals surface area contributed by atoms with Crippen molar-refractivity contribution in [2.24, 2.45) is 0 Å². The van der Waals surface area contributed by atoms with Gasteiger partial charge >= 0.3 is 10.2 Å². The van der Waals surface area contributed by atoms with Crippen LogP contribution in [-0.4, -0.2) is 26.3 Å². The van der Waals surface area contributed by atoms with Gasteiger partial charge in [-0.3, -0.25) is 4.72 Å². The molecule has 0 fully saturated rings. The molecule has 0 aliphatic rings. The Hall–Kier alpha value is -1.27. The predicted octanol–water partition coefficient (Wildman–Crippen LogP) is 1.66. The number of nitrogens with zero attached hydrogens (tertiary/aromatic N) is 1. The van der Waals surface area contributed by atoms with Crippen molar-refractivity contribution in [3.63, 3.8) is 0 Å². The third-order valence-electron chi connectivity index (χ3n) is 2.37. The van der Waals surface area contributed by atoms with Gasteiger partial charge in [-0.1, -0.05) is 19.4 Å². The largest absolute Gasteiger partial charge is 0.399 e. The Morgan fingerprint density at radius 3 is 2.71 bits per heavy atom. The molecule has 0 aromatic heterocycles. The van der Waals surface area contributed by atoms with Gasteiger partial charge in [-0.25, -0.2) is 0 Å². The number of anilines is 2. The van der Waals surface area contributed by atoms with Crippen molar-refractivity contribution < 1.29 is 8.42 Å². The van der Waals surface area contributed by atoms with Crippen LogP contribution in [0.3, 0.4) is 0 Å². The second-order valence-corrected chi connectivity index (χ2v) is 5.69. The van der Waals surface area contributed by atoms with Crippen LogP contribution in [0.25, 0.3) is 0 Å². The monoisotopic (exact) mass is 257 g/mol. The fraction of sp³-hybridized carbons (Fsp3) is 0.455. The van der Waals surface area contributed by atoms with Crippen molar-refractivity contribution in [3.05, 3.63) is 24.3 Å². The molecule has 96 valence electrons. The van der Waals surface area contributed by atoms with Gasteiger partial charge in [0.2, 0.25) is 0 Å². The number of hydrogen-bond donors (Lipinski definition) is 2. The van der Waals surface area contributed by atoms with E-state index in [1.54, 1.807) is 31.3 Å². The molecule has 17 heavy (non-hydrogen) atoms. The SMILES string of the molecule is CCCCN(C)S(=O)(=O)Nc1cccc(N)c1. The van der Waals surface area contributed by atoms with Crippen LogP contribution in [-0.2, 0) is 10.2 Å². The average Bonchev–Trinajstić information content (AvgIpc) is 2.25. The number of nitrogen functional groups attached to an aromatic ring is 1. The van der Waals surface area contributed by atoms with E-state index < -0.39 is 10.2 Å². The highest BCUT2D eigenvalue weighted by Gasteiger charge is 2.16. The highest BCUT2D eigenvalue weighted by atomic mass is 32.2. The lowest BCUT2D eigenvalue weighted by Crippen LogP contribution is -2.33. The molecule has 6 heteroatoms. The van der Waals surface area contributed by atoms with Gasteiger partial charge in [-0.05, 0) is 24.6 Å². The van der Waals surface area contributed by atoms with E-state index in [4.69, 9.17) is 5.73 Å². The zero-order chi connectivity index (χ0) is 12.9. The van der Waals surface area contributed by atoms with Crippen LogP contribution >= 0.6 is 0 Å². The average molecular weight is 257 g/mol. The van der Waals surface area contributed by atoms with Crippen LogP contribution in [0.2, 0.25) is 0 Å². The van der Waals surface area contributed by atoms with Gasteiger partial charge < -0.3 is 5.73 Å². The Balaban J connectivity index is 2.72. The lowest BCUT2D eigenvalue weighted by atomic mass is 10.3. The first kappa shape index (κ1) is 13.8. The van der Waals surface area contributed by atoms with Gasteiger partial charge in [-0.2, -0.15) is 12.7 Å². The summed E-state index contributed by atoms with van der Waals surface area (Å²) in [5.41, 5.74) is 6.59. The minimum atomic E-state index is -3.47. The number of nitrogens with two attached hydrogens (primary N) is 1. The zero-order valence-electron chi connectivity index (χ0n) is 10.2. The molecule has 0 aliphatic carbocycles. The van der Waals surface area contributed by atoms with E-state index in [-0.39, 0.29) is 0 Å². The summed E-state index contributed by atoms with van der Waals surface area (Å²) >= 11 is 0. The molecule has 0 radical (unpaired) electrons. The van der Waals surface area contributed by atoms with E-state index in [9.17, 15) is 8.42 Å². The lowest BCUT2D eigenvalue weighted by Gasteiger charge is -2.18. The van der Waals surface area contributed by atoms with Gasteiger partial charge in [0, 0.05) is 19.3 Å². The van der Waals surface area contributed by atoms with Crippen molar-refractivity contribution in [1.29, 1.82) is 0 Å². The molecule has 0 unspecified atom stereocenters.